The smallest absolute Gasteiger partial charge is 0.0600 e. The molecule has 3 heteroatoms. The molecule has 0 aliphatic carbocycles. The minimum Gasteiger partial charge on any atom is -0.397 e. The molecule has 0 aromatic heterocycles. The first kappa shape index (κ1) is 12.2. The first-order valence-electron chi connectivity index (χ1n) is 5.38. The number of rotatable bonds is 4. The highest BCUT2D eigenvalue weighted by molar-refractivity contribution is 6.31. The Morgan fingerprint density at radius 1 is 1.33 bits per heavy atom. The molecule has 0 amide bonds. The second-order valence-corrected chi connectivity index (χ2v) is 4.22. The van der Waals surface area contributed by atoms with Crippen LogP contribution >= 0.6 is 11.6 Å². The molecule has 0 aliphatic heterocycles. The highest BCUT2D eigenvalue weighted by Crippen LogP contribution is 2.28. The van der Waals surface area contributed by atoms with Gasteiger partial charge in [0.05, 0.1) is 11.4 Å². The van der Waals surface area contributed by atoms with E-state index < -0.39 is 0 Å². The van der Waals surface area contributed by atoms with Crippen molar-refractivity contribution >= 4 is 23.0 Å². The molecule has 0 fully saturated rings. The third-order valence-corrected chi connectivity index (χ3v) is 3.09. The molecule has 2 N–H and O–H groups in total. The molecule has 0 saturated carbocycles. The van der Waals surface area contributed by atoms with Gasteiger partial charge in [0.2, 0.25) is 0 Å². The Morgan fingerprint density at radius 2 is 1.93 bits per heavy atom. The van der Waals surface area contributed by atoms with Gasteiger partial charge in [-0.3, -0.25) is 0 Å². The van der Waals surface area contributed by atoms with Gasteiger partial charge in [-0.1, -0.05) is 25.4 Å². The van der Waals surface area contributed by atoms with Gasteiger partial charge >= 0.3 is 0 Å². The average Bonchev–Trinajstić information content (AvgIpc) is 2.19. The van der Waals surface area contributed by atoms with E-state index in [9.17, 15) is 0 Å². The number of anilines is 2. The van der Waals surface area contributed by atoms with Crippen molar-refractivity contribution in [3.8, 4) is 0 Å². The zero-order valence-electron chi connectivity index (χ0n) is 9.63. The van der Waals surface area contributed by atoms with E-state index in [0.29, 0.717) is 11.1 Å². The molecule has 0 aliphatic rings. The summed E-state index contributed by atoms with van der Waals surface area (Å²) < 4.78 is 0. The van der Waals surface area contributed by atoms with Crippen molar-refractivity contribution in [3.63, 3.8) is 0 Å². The topological polar surface area (TPSA) is 29.3 Å². The van der Waals surface area contributed by atoms with Crippen LogP contribution in [-0.4, -0.2) is 13.1 Å². The fraction of sp³-hybridized carbons (Fsp3) is 0.500. The minimum absolute atomic E-state index is 0.536. The molecule has 0 unspecified atom stereocenters. The summed E-state index contributed by atoms with van der Waals surface area (Å²) in [5.74, 6) is 0. The van der Waals surface area contributed by atoms with Crippen LogP contribution in [-0.2, 0) is 0 Å². The van der Waals surface area contributed by atoms with E-state index in [4.69, 9.17) is 17.3 Å². The van der Waals surface area contributed by atoms with Crippen LogP contribution in [0, 0.1) is 0 Å². The molecule has 0 radical (unpaired) electrons. The number of halogens is 1. The summed E-state index contributed by atoms with van der Waals surface area (Å²) in [7, 11) is 2.08. The Morgan fingerprint density at radius 3 is 2.40 bits per heavy atom. The Labute approximate surface area is 97.0 Å². The fourth-order valence-electron chi connectivity index (χ4n) is 1.88. The van der Waals surface area contributed by atoms with Crippen molar-refractivity contribution < 1.29 is 0 Å². The predicted octanol–water partition coefficient (Wildman–Crippen LogP) is 3.55. The lowest BCUT2D eigenvalue weighted by molar-refractivity contribution is 0.592. The van der Waals surface area contributed by atoms with Crippen LogP contribution in [0.15, 0.2) is 18.2 Å². The quantitative estimate of drug-likeness (QED) is 0.796. The van der Waals surface area contributed by atoms with Gasteiger partial charge in [0.15, 0.2) is 0 Å². The molecule has 0 bridgehead atoms. The third-order valence-electron chi connectivity index (χ3n) is 2.86. The van der Waals surface area contributed by atoms with Crippen LogP contribution in [0.5, 0.6) is 0 Å². The molecule has 2 nitrogen and oxygen atoms in total. The first-order chi connectivity index (χ1) is 7.10. The van der Waals surface area contributed by atoms with Crippen LogP contribution in [0.1, 0.15) is 26.7 Å². The van der Waals surface area contributed by atoms with Crippen LogP contribution in [0.25, 0.3) is 0 Å². The SMILES string of the molecule is CCC(CC)N(C)c1ccc(Cl)cc1N. The van der Waals surface area contributed by atoms with E-state index >= 15 is 0 Å². The zero-order chi connectivity index (χ0) is 11.4. The van der Waals surface area contributed by atoms with Gasteiger partial charge < -0.3 is 10.6 Å². The van der Waals surface area contributed by atoms with E-state index in [1.807, 2.05) is 12.1 Å². The molecule has 15 heavy (non-hydrogen) atoms. The van der Waals surface area contributed by atoms with Crippen molar-refractivity contribution in [3.05, 3.63) is 23.2 Å². The van der Waals surface area contributed by atoms with Gasteiger partial charge in [-0.15, -0.1) is 0 Å². The summed E-state index contributed by atoms with van der Waals surface area (Å²) in [4.78, 5) is 2.23. The highest BCUT2D eigenvalue weighted by atomic mass is 35.5. The van der Waals surface area contributed by atoms with Gasteiger partial charge in [-0.05, 0) is 31.0 Å². The van der Waals surface area contributed by atoms with Gasteiger partial charge in [0, 0.05) is 18.1 Å². The normalized spacial score (nSPS) is 10.7. The minimum atomic E-state index is 0.536. The van der Waals surface area contributed by atoms with E-state index in [-0.39, 0.29) is 0 Å². The van der Waals surface area contributed by atoms with E-state index in [1.54, 1.807) is 6.07 Å². The van der Waals surface area contributed by atoms with Crippen LogP contribution < -0.4 is 10.6 Å². The number of nitrogen functional groups attached to an aromatic ring is 1. The summed E-state index contributed by atoms with van der Waals surface area (Å²) in [5, 5.41) is 0.689. The van der Waals surface area contributed by atoms with Crippen LogP contribution in [0.3, 0.4) is 0 Å². The van der Waals surface area contributed by atoms with Crippen molar-refractivity contribution in [1.82, 2.24) is 0 Å². The summed E-state index contributed by atoms with van der Waals surface area (Å²) in [5.41, 5.74) is 7.75. The fourth-order valence-corrected chi connectivity index (χ4v) is 2.06. The highest BCUT2D eigenvalue weighted by Gasteiger charge is 2.13. The summed E-state index contributed by atoms with van der Waals surface area (Å²) in [6.45, 7) is 4.38. The molecule has 0 saturated heterocycles. The van der Waals surface area contributed by atoms with Gasteiger partial charge in [0.25, 0.3) is 0 Å². The molecule has 1 aromatic rings. The second-order valence-electron chi connectivity index (χ2n) is 3.78. The Hall–Kier alpha value is -0.890. The number of nitrogens with zero attached hydrogens (tertiary/aromatic N) is 1. The molecular weight excluding hydrogens is 208 g/mol. The number of hydrogen-bond donors (Lipinski definition) is 1. The van der Waals surface area contributed by atoms with Crippen molar-refractivity contribution in [2.75, 3.05) is 17.7 Å². The first-order valence-corrected chi connectivity index (χ1v) is 5.75. The van der Waals surface area contributed by atoms with Crippen molar-refractivity contribution in [1.29, 1.82) is 0 Å². The summed E-state index contributed by atoms with van der Waals surface area (Å²) >= 11 is 5.87. The lowest BCUT2D eigenvalue weighted by atomic mass is 10.1. The number of hydrogen-bond acceptors (Lipinski definition) is 2. The summed E-state index contributed by atoms with van der Waals surface area (Å²) in [6, 6.07) is 6.20. The van der Waals surface area contributed by atoms with Crippen molar-refractivity contribution in [2.45, 2.75) is 32.7 Å². The Bertz CT molecular complexity index is 321. The largest absolute Gasteiger partial charge is 0.397 e. The lowest BCUT2D eigenvalue weighted by Crippen LogP contribution is -2.30. The maximum absolute atomic E-state index is 5.94. The molecule has 0 spiro atoms. The number of nitrogens with two attached hydrogens (primary N) is 1. The second kappa shape index (κ2) is 5.26. The van der Waals surface area contributed by atoms with E-state index in [0.717, 1.165) is 24.2 Å². The standard InChI is InChI=1S/C12H19ClN2/c1-4-10(5-2)15(3)12-7-6-9(13)8-11(12)14/h6-8,10H,4-5,14H2,1-3H3. The maximum Gasteiger partial charge on any atom is 0.0600 e. The zero-order valence-corrected chi connectivity index (χ0v) is 10.4. The predicted molar refractivity (Wildman–Crippen MR) is 68.6 cm³/mol. The Balaban J connectivity index is 2.94. The van der Waals surface area contributed by atoms with E-state index in [2.05, 4.69) is 25.8 Å². The van der Waals surface area contributed by atoms with Crippen LogP contribution in [0.4, 0.5) is 11.4 Å². The molecular formula is C12H19ClN2. The van der Waals surface area contributed by atoms with E-state index in [1.165, 1.54) is 0 Å². The van der Waals surface area contributed by atoms with Crippen LogP contribution in [0.2, 0.25) is 5.02 Å². The summed E-state index contributed by atoms with van der Waals surface area (Å²) in [6.07, 6.45) is 2.24. The molecule has 1 aromatic carbocycles. The van der Waals surface area contributed by atoms with Gasteiger partial charge in [-0.2, -0.15) is 0 Å². The van der Waals surface area contributed by atoms with Gasteiger partial charge in [-0.25, -0.2) is 0 Å². The molecule has 0 heterocycles. The monoisotopic (exact) mass is 226 g/mol. The van der Waals surface area contributed by atoms with Crippen molar-refractivity contribution in [2.24, 2.45) is 0 Å². The number of benzene rings is 1. The van der Waals surface area contributed by atoms with Gasteiger partial charge in [0.1, 0.15) is 0 Å². The maximum atomic E-state index is 5.94. The molecule has 1 rings (SSSR count). The Kier molecular flexibility index (Phi) is 4.28. The lowest BCUT2D eigenvalue weighted by Gasteiger charge is -2.29. The molecule has 0 atom stereocenters. The molecule has 84 valence electrons. The third kappa shape index (κ3) is 2.78. The average molecular weight is 227 g/mol.